The number of hydroxylamine groups is 2. The summed E-state index contributed by atoms with van der Waals surface area (Å²) >= 11 is 0. The van der Waals surface area contributed by atoms with Crippen molar-refractivity contribution < 1.29 is 27.6 Å². The Morgan fingerprint density at radius 2 is 1.88 bits per heavy atom. The first-order chi connectivity index (χ1) is 20.3. The number of alkyl carbamates (subject to hydrolysis) is 1. The van der Waals surface area contributed by atoms with Gasteiger partial charge in [0.25, 0.3) is 5.91 Å². The van der Waals surface area contributed by atoms with Gasteiger partial charge in [-0.05, 0) is 57.9 Å². The molecule has 2 aliphatic rings. The van der Waals surface area contributed by atoms with Gasteiger partial charge in [-0.1, -0.05) is 19.1 Å². The molecule has 0 atom stereocenters. The molecule has 0 aliphatic carbocycles. The Kier molecular flexibility index (Phi) is 9.88. The van der Waals surface area contributed by atoms with Crippen LogP contribution in [0.15, 0.2) is 52.1 Å². The summed E-state index contributed by atoms with van der Waals surface area (Å²) in [5.41, 5.74) is 8.63. The number of amides is 2. The van der Waals surface area contributed by atoms with E-state index in [0.717, 1.165) is 6.42 Å². The van der Waals surface area contributed by atoms with Crippen molar-refractivity contribution in [2.24, 2.45) is 16.6 Å². The van der Waals surface area contributed by atoms with Crippen LogP contribution in [-0.4, -0.2) is 79.0 Å². The van der Waals surface area contributed by atoms with Crippen LogP contribution >= 0.6 is 0 Å². The molecule has 3 heterocycles. The lowest BCUT2D eigenvalue weighted by molar-refractivity contribution is -0.180. The molecule has 2 aromatic rings. The number of nitrogens with zero attached hydrogens (tertiary/aromatic N) is 4. The molecule has 13 heteroatoms. The number of pyridine rings is 1. The maximum absolute atomic E-state index is 13.3. The van der Waals surface area contributed by atoms with Gasteiger partial charge < -0.3 is 15.8 Å². The van der Waals surface area contributed by atoms with Crippen LogP contribution in [0.1, 0.15) is 53.0 Å². The zero-order valence-electron chi connectivity index (χ0n) is 25.3. The standard InChI is InChI=1S/C30H40N6O6S/c1-6-10-36(41-7-2)28(37)23-11-22-9-8-21(13-26(22)34-27(31)14-23)24-12-25(17-32-16-24)43(39,40)35-18-20(19-35)15-33-29(38)42-30(3,4)5/h8-9,11-13,16-17,20H,6-7,10,14-15,18-19H2,1-5H3,(H2,31,34)(H,33,38). The number of nitrogens with one attached hydrogen (secondary N) is 1. The molecule has 1 aromatic carbocycles. The van der Waals surface area contributed by atoms with Crippen molar-refractivity contribution >= 4 is 39.6 Å². The fourth-order valence-corrected chi connectivity index (χ4v) is 6.29. The SMILES string of the molecule is CCCN(OCC)C(=O)C1=Cc2ccc(-c3cncc(S(=O)(=O)N4CC(CNC(=O)OC(C)(C)C)C4)c3)cc2N=C(N)C1. The van der Waals surface area contributed by atoms with Gasteiger partial charge in [0, 0.05) is 67.6 Å². The molecule has 232 valence electrons. The molecule has 1 saturated heterocycles. The average Bonchev–Trinajstić information content (AvgIpc) is 3.08. The monoisotopic (exact) mass is 612 g/mol. The summed E-state index contributed by atoms with van der Waals surface area (Å²) in [5, 5.41) is 4.05. The molecule has 0 spiro atoms. The highest BCUT2D eigenvalue weighted by molar-refractivity contribution is 7.89. The lowest BCUT2D eigenvalue weighted by Gasteiger charge is -2.38. The van der Waals surface area contributed by atoms with Gasteiger partial charge in [0.15, 0.2) is 0 Å². The van der Waals surface area contributed by atoms with Gasteiger partial charge in [-0.25, -0.2) is 23.3 Å². The molecule has 0 radical (unpaired) electrons. The summed E-state index contributed by atoms with van der Waals surface area (Å²) in [4.78, 5) is 39.4. The van der Waals surface area contributed by atoms with Crippen molar-refractivity contribution in [3.8, 4) is 11.1 Å². The first-order valence-corrected chi connectivity index (χ1v) is 15.8. The number of nitrogens with two attached hydrogens (primary N) is 1. The van der Waals surface area contributed by atoms with Crippen LogP contribution in [0.3, 0.4) is 0 Å². The summed E-state index contributed by atoms with van der Waals surface area (Å²) < 4.78 is 33.2. The number of amidine groups is 1. The van der Waals surface area contributed by atoms with Crippen LogP contribution in [0.4, 0.5) is 10.5 Å². The lowest BCUT2D eigenvalue weighted by Crippen LogP contribution is -2.53. The minimum atomic E-state index is -3.78. The topological polar surface area (TPSA) is 157 Å². The van der Waals surface area contributed by atoms with Crippen molar-refractivity contribution in [2.45, 2.75) is 58.0 Å². The number of rotatable bonds is 10. The van der Waals surface area contributed by atoms with E-state index in [0.29, 0.717) is 47.6 Å². The first kappa shape index (κ1) is 32.1. The molecule has 3 N–H and O–H groups in total. The molecule has 0 unspecified atom stereocenters. The first-order valence-electron chi connectivity index (χ1n) is 14.4. The summed E-state index contributed by atoms with van der Waals surface area (Å²) in [6.45, 7) is 10.8. The van der Waals surface area contributed by atoms with Crippen LogP contribution in [0.2, 0.25) is 0 Å². The molecule has 0 saturated carbocycles. The van der Waals surface area contributed by atoms with Crippen LogP contribution < -0.4 is 11.1 Å². The van der Waals surface area contributed by atoms with E-state index in [1.165, 1.54) is 15.6 Å². The highest BCUT2D eigenvalue weighted by atomic mass is 32.2. The smallest absolute Gasteiger partial charge is 0.407 e. The number of aliphatic imine (C=N–C) groups is 1. The largest absolute Gasteiger partial charge is 0.444 e. The number of hydrogen-bond donors (Lipinski definition) is 2. The molecule has 4 rings (SSSR count). The Hall–Kier alpha value is -3.81. The number of sulfonamides is 1. The third kappa shape index (κ3) is 7.98. The normalized spacial score (nSPS) is 15.8. The van der Waals surface area contributed by atoms with Gasteiger partial charge in [0.1, 0.15) is 16.3 Å². The number of benzene rings is 1. The van der Waals surface area contributed by atoms with Crippen LogP contribution in [0, 0.1) is 5.92 Å². The van der Waals surface area contributed by atoms with E-state index in [1.54, 1.807) is 45.2 Å². The number of ether oxygens (including phenoxy) is 1. The fraction of sp³-hybridized carbons (Fsp3) is 0.467. The van der Waals surface area contributed by atoms with Gasteiger partial charge in [-0.2, -0.15) is 4.31 Å². The predicted octanol–water partition coefficient (Wildman–Crippen LogP) is 3.86. The second-order valence-corrected chi connectivity index (χ2v) is 13.5. The quantitative estimate of drug-likeness (QED) is 0.383. The van der Waals surface area contributed by atoms with Crippen molar-refractivity contribution in [1.82, 2.24) is 19.7 Å². The third-order valence-corrected chi connectivity index (χ3v) is 8.55. The van der Waals surface area contributed by atoms with E-state index in [4.69, 9.17) is 15.3 Å². The molecular formula is C30H40N6O6S. The Morgan fingerprint density at radius 3 is 2.56 bits per heavy atom. The van der Waals surface area contributed by atoms with Crippen molar-refractivity contribution in [2.75, 3.05) is 32.8 Å². The maximum atomic E-state index is 13.3. The van der Waals surface area contributed by atoms with Crippen LogP contribution in [0.5, 0.6) is 0 Å². The van der Waals surface area contributed by atoms with Gasteiger partial charge >= 0.3 is 6.09 Å². The summed E-state index contributed by atoms with van der Waals surface area (Å²) in [7, 11) is -3.78. The molecular weight excluding hydrogens is 572 g/mol. The Bertz CT molecular complexity index is 1520. The second-order valence-electron chi connectivity index (χ2n) is 11.5. The number of fused-ring (bicyclic) bond motifs is 1. The van der Waals surface area contributed by atoms with E-state index in [9.17, 15) is 18.0 Å². The molecule has 43 heavy (non-hydrogen) atoms. The Labute approximate surface area is 253 Å². The van der Waals surface area contributed by atoms with Gasteiger partial charge in [-0.3, -0.25) is 14.6 Å². The van der Waals surface area contributed by atoms with E-state index in [2.05, 4.69) is 15.3 Å². The highest BCUT2D eigenvalue weighted by Gasteiger charge is 2.37. The van der Waals surface area contributed by atoms with E-state index in [-0.39, 0.29) is 42.1 Å². The van der Waals surface area contributed by atoms with E-state index >= 15 is 0 Å². The van der Waals surface area contributed by atoms with Gasteiger partial charge in [-0.15, -0.1) is 0 Å². The Balaban J connectivity index is 1.49. The number of carbonyl (C=O) groups is 2. The minimum Gasteiger partial charge on any atom is -0.444 e. The molecule has 1 aromatic heterocycles. The molecule has 1 fully saturated rings. The fourth-order valence-electron chi connectivity index (χ4n) is 4.71. The number of hydrogen-bond acceptors (Lipinski definition) is 9. The second kappa shape index (κ2) is 13.2. The molecule has 12 nitrogen and oxygen atoms in total. The van der Waals surface area contributed by atoms with Crippen molar-refractivity contribution in [1.29, 1.82) is 0 Å². The minimum absolute atomic E-state index is 0.0150. The molecule has 0 bridgehead atoms. The molecule has 2 aliphatic heterocycles. The zero-order chi connectivity index (χ0) is 31.4. The van der Waals surface area contributed by atoms with Gasteiger partial charge in [0.05, 0.1) is 12.3 Å². The third-order valence-electron chi connectivity index (χ3n) is 6.75. The lowest BCUT2D eigenvalue weighted by atomic mass is 10.0. The highest BCUT2D eigenvalue weighted by Crippen LogP contribution is 2.33. The predicted molar refractivity (Wildman–Crippen MR) is 164 cm³/mol. The van der Waals surface area contributed by atoms with Crippen molar-refractivity contribution in [3.05, 3.63) is 47.8 Å². The number of carbonyl (C=O) groups excluding carboxylic acids is 2. The average molecular weight is 613 g/mol. The molecule has 2 amide bonds. The zero-order valence-corrected chi connectivity index (χ0v) is 26.1. The van der Waals surface area contributed by atoms with E-state index in [1.807, 2.05) is 26.0 Å². The number of aromatic nitrogens is 1. The summed E-state index contributed by atoms with van der Waals surface area (Å²) in [5.74, 6) is 0.0138. The maximum Gasteiger partial charge on any atom is 0.407 e. The van der Waals surface area contributed by atoms with Crippen LogP contribution in [-0.2, 0) is 24.4 Å². The Morgan fingerprint density at radius 1 is 1.14 bits per heavy atom. The van der Waals surface area contributed by atoms with Gasteiger partial charge in [0.2, 0.25) is 10.0 Å². The van der Waals surface area contributed by atoms with Crippen molar-refractivity contribution in [3.63, 3.8) is 0 Å². The summed E-state index contributed by atoms with van der Waals surface area (Å²) in [6.07, 6.45) is 5.07. The summed E-state index contributed by atoms with van der Waals surface area (Å²) in [6, 6.07) is 7.03. The van der Waals surface area contributed by atoms with Crippen LogP contribution in [0.25, 0.3) is 17.2 Å². The van der Waals surface area contributed by atoms with E-state index < -0.39 is 21.7 Å².